The molecule has 4 nitrogen and oxygen atoms in total. The van der Waals surface area contributed by atoms with Crippen LogP contribution in [0.2, 0.25) is 0 Å². The third-order valence-corrected chi connectivity index (χ3v) is 4.41. The molecule has 19 heavy (non-hydrogen) atoms. The zero-order valence-corrected chi connectivity index (χ0v) is 11.8. The first-order chi connectivity index (χ1) is 8.90. The Labute approximate surface area is 113 Å². The average molecular weight is 266 g/mol. The minimum absolute atomic E-state index is 0.139. The molecule has 0 aromatic heterocycles. The van der Waals surface area contributed by atoms with E-state index in [1.54, 1.807) is 6.92 Å². The lowest BCUT2D eigenvalue weighted by Gasteiger charge is -2.27. The summed E-state index contributed by atoms with van der Waals surface area (Å²) in [7, 11) is 0. The van der Waals surface area contributed by atoms with Crippen LogP contribution in [-0.2, 0) is 14.3 Å². The number of hydrogen-bond donors (Lipinski definition) is 1. The van der Waals surface area contributed by atoms with E-state index in [0.29, 0.717) is 19.3 Å². The van der Waals surface area contributed by atoms with Crippen molar-refractivity contribution in [2.45, 2.75) is 52.2 Å². The molecule has 2 aliphatic rings. The normalized spacial score (nSPS) is 40.4. The molecule has 1 fully saturated rings. The number of ether oxygens (including phenoxy) is 1. The van der Waals surface area contributed by atoms with Gasteiger partial charge in [-0.05, 0) is 19.8 Å². The topological polar surface area (TPSA) is 63.6 Å². The molecule has 0 amide bonds. The van der Waals surface area contributed by atoms with E-state index in [4.69, 9.17) is 4.74 Å². The number of fused-ring (bicyclic) bond motifs is 1. The zero-order valence-electron chi connectivity index (χ0n) is 11.8. The summed E-state index contributed by atoms with van der Waals surface area (Å²) in [5.41, 5.74) is 1.00. The van der Waals surface area contributed by atoms with Crippen molar-refractivity contribution in [3.8, 4) is 0 Å². The molecule has 0 spiro atoms. The number of aliphatic hydroxyl groups is 1. The molecule has 2 rings (SSSR count). The van der Waals surface area contributed by atoms with E-state index < -0.39 is 6.10 Å². The van der Waals surface area contributed by atoms with E-state index in [2.05, 4.69) is 0 Å². The number of hydrogen-bond acceptors (Lipinski definition) is 4. The predicted octanol–water partition coefficient (Wildman–Crippen LogP) is 1.86. The van der Waals surface area contributed by atoms with Crippen LogP contribution in [0.5, 0.6) is 0 Å². The Bertz CT molecular complexity index is 412. The fourth-order valence-corrected chi connectivity index (χ4v) is 3.11. The molecule has 1 heterocycles. The Morgan fingerprint density at radius 1 is 1.32 bits per heavy atom. The molecule has 4 heteroatoms. The van der Waals surface area contributed by atoms with Gasteiger partial charge in [-0.25, -0.2) is 0 Å². The minimum atomic E-state index is -0.580. The summed E-state index contributed by atoms with van der Waals surface area (Å²) < 4.78 is 5.36. The highest BCUT2D eigenvalue weighted by atomic mass is 16.6. The summed E-state index contributed by atoms with van der Waals surface area (Å²) in [6.45, 7) is 5.58. The second kappa shape index (κ2) is 5.45. The maximum absolute atomic E-state index is 12.0. The maximum atomic E-state index is 12.0. The van der Waals surface area contributed by atoms with E-state index >= 15 is 0 Å². The van der Waals surface area contributed by atoms with Crippen molar-refractivity contribution in [1.82, 2.24) is 0 Å². The summed E-state index contributed by atoms with van der Waals surface area (Å²) in [4.78, 5) is 23.7. The lowest BCUT2D eigenvalue weighted by atomic mass is 9.79. The molecule has 106 valence electrons. The van der Waals surface area contributed by atoms with Crippen molar-refractivity contribution in [1.29, 1.82) is 0 Å². The molecule has 0 aromatic rings. The van der Waals surface area contributed by atoms with Gasteiger partial charge in [0.05, 0.1) is 12.0 Å². The third kappa shape index (κ3) is 2.89. The second-order valence-corrected chi connectivity index (χ2v) is 5.97. The first-order valence-corrected chi connectivity index (χ1v) is 6.97. The summed E-state index contributed by atoms with van der Waals surface area (Å²) in [5, 5.41) is 10.4. The largest absolute Gasteiger partial charge is 0.462 e. The Morgan fingerprint density at radius 2 is 2.00 bits per heavy atom. The minimum Gasteiger partial charge on any atom is -0.462 e. The fraction of sp³-hybridized carbons (Fsp3) is 0.733. The first kappa shape index (κ1) is 14.3. The van der Waals surface area contributed by atoms with Crippen LogP contribution in [0.1, 0.15) is 40.0 Å². The lowest BCUT2D eigenvalue weighted by molar-refractivity contribution is -0.145. The summed E-state index contributed by atoms with van der Waals surface area (Å²) >= 11 is 0. The summed E-state index contributed by atoms with van der Waals surface area (Å²) in [5.74, 6) is -0.724. The molecule has 1 N–H and O–H groups in total. The molecule has 0 saturated carbocycles. The number of ketones is 1. The zero-order chi connectivity index (χ0) is 14.2. The number of Topliss-reactive ketones (excluding diaryl/α,β-unsaturated/α-hetero) is 1. The monoisotopic (exact) mass is 266 g/mol. The van der Waals surface area contributed by atoms with Gasteiger partial charge in [0.15, 0.2) is 0 Å². The summed E-state index contributed by atoms with van der Waals surface area (Å²) in [6.07, 6.45) is 2.41. The van der Waals surface area contributed by atoms with Crippen molar-refractivity contribution >= 4 is 11.8 Å². The van der Waals surface area contributed by atoms with Crippen LogP contribution in [0.25, 0.3) is 0 Å². The molecule has 0 unspecified atom stereocenters. The number of rotatable bonds is 0. The van der Waals surface area contributed by atoms with Gasteiger partial charge in [-0.15, -0.1) is 0 Å². The van der Waals surface area contributed by atoms with Gasteiger partial charge in [0, 0.05) is 18.3 Å². The van der Waals surface area contributed by atoms with Crippen molar-refractivity contribution in [3.63, 3.8) is 0 Å². The van der Waals surface area contributed by atoms with Crippen LogP contribution < -0.4 is 0 Å². The number of esters is 1. The first-order valence-electron chi connectivity index (χ1n) is 6.97. The van der Waals surface area contributed by atoms with E-state index in [1.807, 2.05) is 19.9 Å². The van der Waals surface area contributed by atoms with Crippen LogP contribution >= 0.6 is 0 Å². The maximum Gasteiger partial charge on any atom is 0.309 e. The van der Waals surface area contributed by atoms with E-state index in [9.17, 15) is 14.7 Å². The molecule has 5 atom stereocenters. The van der Waals surface area contributed by atoms with Gasteiger partial charge in [0.1, 0.15) is 11.9 Å². The van der Waals surface area contributed by atoms with Gasteiger partial charge >= 0.3 is 5.97 Å². The highest BCUT2D eigenvalue weighted by Gasteiger charge is 2.46. The van der Waals surface area contributed by atoms with E-state index in [-0.39, 0.29) is 35.6 Å². The molecule has 1 aliphatic heterocycles. The van der Waals surface area contributed by atoms with Crippen LogP contribution in [0.4, 0.5) is 0 Å². The smallest absolute Gasteiger partial charge is 0.309 e. The lowest BCUT2D eigenvalue weighted by Crippen LogP contribution is -2.34. The summed E-state index contributed by atoms with van der Waals surface area (Å²) in [6, 6.07) is 0. The highest BCUT2D eigenvalue weighted by Crippen LogP contribution is 2.37. The molecular weight excluding hydrogens is 244 g/mol. The van der Waals surface area contributed by atoms with Crippen LogP contribution in [-0.4, -0.2) is 29.1 Å². The quantitative estimate of drug-likeness (QED) is 0.537. The number of allylic oxidation sites excluding steroid dienone is 1. The van der Waals surface area contributed by atoms with Crippen molar-refractivity contribution in [3.05, 3.63) is 11.6 Å². The van der Waals surface area contributed by atoms with Crippen molar-refractivity contribution in [2.75, 3.05) is 0 Å². The van der Waals surface area contributed by atoms with Crippen molar-refractivity contribution < 1.29 is 19.4 Å². The number of carbonyl (C=O) groups is 2. The van der Waals surface area contributed by atoms with Gasteiger partial charge in [0.2, 0.25) is 0 Å². The third-order valence-electron chi connectivity index (χ3n) is 4.41. The van der Waals surface area contributed by atoms with Gasteiger partial charge in [-0.3, -0.25) is 9.59 Å². The van der Waals surface area contributed by atoms with Gasteiger partial charge in [0.25, 0.3) is 0 Å². The molecule has 1 saturated heterocycles. The standard InChI is InChI=1S/C15H22O4/c1-8-4-5-11(16)9(2)7-13-14(12(17)6-8)10(3)15(18)19-13/h4,9-10,12-14,17H,5-7H2,1-3H3/t9-,10+,12-,13+,14+/m0/s1. The predicted molar refractivity (Wildman–Crippen MR) is 70.3 cm³/mol. The Kier molecular flexibility index (Phi) is 4.09. The Balaban J connectivity index is 2.28. The Morgan fingerprint density at radius 3 is 2.68 bits per heavy atom. The SMILES string of the molecule is CC1=CCC(=O)[C@@H](C)C[C@H]2OC(=O)[C@H](C)[C@@H]2[C@@H](O)C1. The van der Waals surface area contributed by atoms with Gasteiger partial charge in [-0.1, -0.05) is 25.5 Å². The second-order valence-electron chi connectivity index (χ2n) is 5.97. The molecule has 1 aliphatic carbocycles. The van der Waals surface area contributed by atoms with Gasteiger partial charge in [-0.2, -0.15) is 0 Å². The van der Waals surface area contributed by atoms with E-state index in [1.165, 1.54) is 0 Å². The Hall–Kier alpha value is -1.16. The number of aliphatic hydroxyl groups excluding tert-OH is 1. The number of carbonyl (C=O) groups excluding carboxylic acids is 2. The van der Waals surface area contributed by atoms with Crippen LogP contribution in [0.3, 0.4) is 0 Å². The van der Waals surface area contributed by atoms with Crippen molar-refractivity contribution in [2.24, 2.45) is 17.8 Å². The molecule has 0 radical (unpaired) electrons. The highest BCUT2D eigenvalue weighted by molar-refractivity contribution is 5.82. The van der Waals surface area contributed by atoms with Crippen LogP contribution in [0.15, 0.2) is 11.6 Å². The van der Waals surface area contributed by atoms with E-state index in [0.717, 1.165) is 5.57 Å². The molecular formula is C15H22O4. The molecule has 0 bridgehead atoms. The molecule has 0 aromatic carbocycles. The van der Waals surface area contributed by atoms with Crippen LogP contribution in [0, 0.1) is 17.8 Å². The average Bonchev–Trinajstić information content (AvgIpc) is 2.60. The fourth-order valence-electron chi connectivity index (χ4n) is 3.11. The van der Waals surface area contributed by atoms with Gasteiger partial charge < -0.3 is 9.84 Å².